The highest BCUT2D eigenvalue weighted by Crippen LogP contribution is 2.16. The van der Waals surface area contributed by atoms with Crippen molar-refractivity contribution >= 4 is 28.4 Å². The van der Waals surface area contributed by atoms with E-state index in [1.54, 1.807) is 6.20 Å². The third kappa shape index (κ3) is 2.80. The van der Waals surface area contributed by atoms with Crippen LogP contribution in [0.25, 0.3) is 0 Å². The van der Waals surface area contributed by atoms with Crippen molar-refractivity contribution in [3.05, 3.63) is 33.5 Å². The first-order valence-corrected chi connectivity index (χ1v) is 6.90. The zero-order chi connectivity index (χ0) is 13.1. The fourth-order valence-electron chi connectivity index (χ4n) is 1.71. The number of halogens is 1. The van der Waals surface area contributed by atoms with Crippen LogP contribution in [0, 0.1) is 3.57 Å². The molecule has 0 aromatic carbocycles. The summed E-state index contributed by atoms with van der Waals surface area (Å²) in [6.07, 6.45) is 1.78. The molecule has 0 fully saturated rings. The van der Waals surface area contributed by atoms with Gasteiger partial charge in [-0.05, 0) is 34.7 Å². The van der Waals surface area contributed by atoms with E-state index in [-0.39, 0.29) is 0 Å². The van der Waals surface area contributed by atoms with Crippen molar-refractivity contribution in [3.63, 3.8) is 0 Å². The van der Waals surface area contributed by atoms with Gasteiger partial charge in [-0.25, -0.2) is 4.98 Å². The summed E-state index contributed by atoms with van der Waals surface area (Å²) < 4.78 is 3.13. The zero-order valence-corrected chi connectivity index (χ0v) is 12.8. The van der Waals surface area contributed by atoms with E-state index < -0.39 is 0 Å². The fourth-order valence-corrected chi connectivity index (χ4v) is 2.25. The van der Waals surface area contributed by atoms with Crippen molar-refractivity contribution < 1.29 is 0 Å². The molecule has 2 rings (SSSR count). The Morgan fingerprint density at radius 3 is 2.78 bits per heavy atom. The van der Waals surface area contributed by atoms with E-state index in [2.05, 4.69) is 56.9 Å². The van der Waals surface area contributed by atoms with Crippen molar-refractivity contribution in [2.45, 2.75) is 26.3 Å². The molecule has 0 aliphatic carbocycles. The van der Waals surface area contributed by atoms with E-state index in [9.17, 15) is 0 Å². The van der Waals surface area contributed by atoms with Gasteiger partial charge in [0.25, 0.3) is 0 Å². The molecule has 0 saturated heterocycles. The van der Waals surface area contributed by atoms with Crippen LogP contribution in [0.4, 0.5) is 5.82 Å². The molecule has 2 aromatic heterocycles. The molecule has 96 valence electrons. The van der Waals surface area contributed by atoms with Crippen LogP contribution in [0.1, 0.15) is 31.4 Å². The van der Waals surface area contributed by atoms with Gasteiger partial charge in [0.1, 0.15) is 11.6 Å². The molecule has 0 aliphatic rings. The number of nitrogens with zero attached hydrogens (tertiary/aromatic N) is 4. The van der Waals surface area contributed by atoms with Crippen molar-refractivity contribution in [3.8, 4) is 0 Å². The zero-order valence-electron chi connectivity index (χ0n) is 10.7. The second-order valence-corrected chi connectivity index (χ2v) is 5.54. The Kier molecular flexibility index (Phi) is 4.15. The van der Waals surface area contributed by atoms with Crippen LogP contribution in [0.2, 0.25) is 0 Å². The molecule has 2 aromatic rings. The number of hydrogen-bond acceptors (Lipinski definition) is 4. The van der Waals surface area contributed by atoms with Crippen LogP contribution in [0.5, 0.6) is 0 Å². The summed E-state index contributed by atoms with van der Waals surface area (Å²) in [6, 6.07) is 3.94. The lowest BCUT2D eigenvalue weighted by atomic mass is 10.2. The molecule has 0 radical (unpaired) electrons. The van der Waals surface area contributed by atoms with Crippen LogP contribution in [-0.4, -0.2) is 19.7 Å². The molecule has 0 spiro atoms. The van der Waals surface area contributed by atoms with E-state index in [1.165, 1.54) is 0 Å². The Hall–Kier alpha value is -1.18. The Balaban J connectivity index is 2.09. The Bertz CT molecular complexity index is 535. The third-order valence-electron chi connectivity index (χ3n) is 2.69. The summed E-state index contributed by atoms with van der Waals surface area (Å²) in [4.78, 5) is 4.29. The minimum atomic E-state index is 0.381. The van der Waals surface area contributed by atoms with Crippen LogP contribution >= 0.6 is 22.6 Å². The summed E-state index contributed by atoms with van der Waals surface area (Å²) >= 11 is 2.26. The summed E-state index contributed by atoms with van der Waals surface area (Å²) in [5.74, 6) is 3.18. The van der Waals surface area contributed by atoms with Gasteiger partial charge in [-0.15, -0.1) is 10.2 Å². The number of pyridine rings is 1. The van der Waals surface area contributed by atoms with Gasteiger partial charge < -0.3 is 9.88 Å². The number of anilines is 1. The minimum absolute atomic E-state index is 0.381. The molecular formula is C12H16IN5. The third-order valence-corrected chi connectivity index (χ3v) is 3.56. The molecule has 0 unspecified atom stereocenters. The quantitative estimate of drug-likeness (QED) is 0.855. The monoisotopic (exact) mass is 357 g/mol. The Morgan fingerprint density at radius 2 is 2.17 bits per heavy atom. The van der Waals surface area contributed by atoms with Crippen LogP contribution in [0.3, 0.4) is 0 Å². The van der Waals surface area contributed by atoms with E-state index in [0.717, 1.165) is 21.0 Å². The highest BCUT2D eigenvalue weighted by Gasteiger charge is 2.11. The lowest BCUT2D eigenvalue weighted by molar-refractivity contribution is 0.692. The maximum Gasteiger partial charge on any atom is 0.152 e. The SMILES string of the molecule is CC(C)c1nnc(CNc2ncccc2I)n1C. The lowest BCUT2D eigenvalue weighted by Crippen LogP contribution is -2.09. The van der Waals surface area contributed by atoms with Crippen molar-refractivity contribution in [1.29, 1.82) is 0 Å². The van der Waals surface area contributed by atoms with Crippen molar-refractivity contribution in [1.82, 2.24) is 19.7 Å². The molecule has 5 nitrogen and oxygen atoms in total. The molecule has 0 saturated carbocycles. The molecular weight excluding hydrogens is 341 g/mol. The molecule has 0 amide bonds. The number of hydrogen-bond donors (Lipinski definition) is 1. The number of aromatic nitrogens is 4. The first kappa shape index (κ1) is 13.3. The first-order valence-electron chi connectivity index (χ1n) is 5.82. The van der Waals surface area contributed by atoms with Crippen LogP contribution < -0.4 is 5.32 Å². The molecule has 0 bridgehead atoms. The Morgan fingerprint density at radius 1 is 1.39 bits per heavy atom. The highest BCUT2D eigenvalue weighted by molar-refractivity contribution is 14.1. The van der Waals surface area contributed by atoms with E-state index in [0.29, 0.717) is 12.5 Å². The largest absolute Gasteiger partial charge is 0.362 e. The average molecular weight is 357 g/mol. The van der Waals surface area contributed by atoms with Gasteiger partial charge in [0, 0.05) is 19.2 Å². The summed E-state index contributed by atoms with van der Waals surface area (Å²) in [5, 5.41) is 11.7. The fraction of sp³-hybridized carbons (Fsp3) is 0.417. The van der Waals surface area contributed by atoms with Crippen LogP contribution in [-0.2, 0) is 13.6 Å². The predicted molar refractivity (Wildman–Crippen MR) is 79.4 cm³/mol. The molecule has 2 heterocycles. The Labute approximate surface area is 120 Å². The van der Waals surface area contributed by atoms with Gasteiger partial charge in [-0.2, -0.15) is 0 Å². The normalized spacial score (nSPS) is 10.9. The van der Waals surface area contributed by atoms with Gasteiger partial charge in [0.05, 0.1) is 10.1 Å². The summed E-state index contributed by atoms with van der Waals surface area (Å²) in [5.41, 5.74) is 0. The van der Waals surface area contributed by atoms with Gasteiger partial charge in [-0.1, -0.05) is 13.8 Å². The van der Waals surface area contributed by atoms with E-state index in [4.69, 9.17) is 0 Å². The van der Waals surface area contributed by atoms with Gasteiger partial charge in [0.15, 0.2) is 5.82 Å². The standard InChI is InChI=1S/C12H16IN5/c1-8(2)12-17-16-10(18(12)3)7-15-11-9(13)5-4-6-14-11/h4-6,8H,7H2,1-3H3,(H,14,15). The summed E-state index contributed by atoms with van der Waals surface area (Å²) in [7, 11) is 2.00. The second-order valence-electron chi connectivity index (χ2n) is 4.38. The van der Waals surface area contributed by atoms with Gasteiger partial charge in [0.2, 0.25) is 0 Å². The van der Waals surface area contributed by atoms with Crippen molar-refractivity contribution in [2.75, 3.05) is 5.32 Å². The smallest absolute Gasteiger partial charge is 0.152 e. The number of rotatable bonds is 4. The molecule has 18 heavy (non-hydrogen) atoms. The maximum atomic E-state index is 4.29. The maximum absolute atomic E-state index is 4.29. The topological polar surface area (TPSA) is 55.6 Å². The summed E-state index contributed by atoms with van der Waals surface area (Å²) in [6.45, 7) is 4.86. The highest BCUT2D eigenvalue weighted by atomic mass is 127. The van der Waals surface area contributed by atoms with Crippen LogP contribution in [0.15, 0.2) is 18.3 Å². The number of nitrogens with one attached hydrogen (secondary N) is 1. The lowest BCUT2D eigenvalue weighted by Gasteiger charge is -2.08. The molecule has 6 heteroatoms. The minimum Gasteiger partial charge on any atom is -0.362 e. The first-order chi connectivity index (χ1) is 8.59. The van der Waals surface area contributed by atoms with Crippen molar-refractivity contribution in [2.24, 2.45) is 7.05 Å². The van der Waals surface area contributed by atoms with Gasteiger partial charge >= 0.3 is 0 Å². The molecule has 0 atom stereocenters. The second kappa shape index (κ2) is 5.64. The van der Waals surface area contributed by atoms with Gasteiger partial charge in [-0.3, -0.25) is 0 Å². The van der Waals surface area contributed by atoms with E-state index in [1.807, 2.05) is 23.7 Å². The predicted octanol–water partition coefficient (Wildman–Crippen LogP) is 2.55. The average Bonchev–Trinajstić information content (AvgIpc) is 2.70. The van der Waals surface area contributed by atoms with E-state index >= 15 is 0 Å². The molecule has 1 N–H and O–H groups in total. The molecule has 0 aliphatic heterocycles.